The predicted octanol–water partition coefficient (Wildman–Crippen LogP) is 2.54. The molecule has 132 valence electrons. The fourth-order valence-corrected chi connectivity index (χ4v) is 2.93. The first-order valence-corrected chi connectivity index (χ1v) is 8.15. The summed E-state index contributed by atoms with van der Waals surface area (Å²) in [6.45, 7) is 0. The lowest BCUT2D eigenvalue weighted by Gasteiger charge is -2.29. The van der Waals surface area contributed by atoms with Gasteiger partial charge in [0.05, 0.1) is 19.9 Å². The number of para-hydroxylation sites is 2. The summed E-state index contributed by atoms with van der Waals surface area (Å²) in [5, 5.41) is 2.59. The number of carbonyl (C=O) groups is 2. The van der Waals surface area contributed by atoms with E-state index in [1.807, 2.05) is 6.07 Å². The first-order valence-electron chi connectivity index (χ1n) is 7.74. The molecule has 0 saturated carbocycles. The molecule has 1 fully saturated rings. The minimum atomic E-state index is -0.558. The summed E-state index contributed by atoms with van der Waals surface area (Å²) in [5.41, 5.74) is 1.08. The number of nitrogens with one attached hydrogen (secondary N) is 1. The third-order valence-electron chi connectivity index (χ3n) is 3.85. The van der Waals surface area contributed by atoms with Crippen LogP contribution in [0.5, 0.6) is 11.5 Å². The quantitative estimate of drug-likeness (QED) is 0.510. The molecule has 0 atom stereocenters. The van der Waals surface area contributed by atoms with Crippen molar-refractivity contribution in [3.8, 4) is 11.5 Å². The first kappa shape index (κ1) is 17.6. The lowest BCUT2D eigenvalue weighted by Crippen LogP contribution is -2.54. The van der Waals surface area contributed by atoms with Gasteiger partial charge in [0.15, 0.2) is 16.6 Å². The Bertz CT molecular complexity index is 909. The maximum absolute atomic E-state index is 12.9. The number of anilines is 1. The van der Waals surface area contributed by atoms with Gasteiger partial charge in [-0.05, 0) is 36.5 Å². The van der Waals surface area contributed by atoms with Crippen molar-refractivity contribution in [2.45, 2.75) is 0 Å². The fourth-order valence-electron chi connectivity index (χ4n) is 2.65. The largest absolute Gasteiger partial charge is 0.493 e. The van der Waals surface area contributed by atoms with Gasteiger partial charge in [-0.1, -0.05) is 30.3 Å². The van der Waals surface area contributed by atoms with Crippen LogP contribution >= 0.6 is 12.2 Å². The van der Waals surface area contributed by atoms with Gasteiger partial charge in [0.2, 0.25) is 0 Å². The zero-order valence-electron chi connectivity index (χ0n) is 14.2. The Labute approximate surface area is 156 Å². The molecule has 0 aromatic heterocycles. The Hall–Kier alpha value is -3.19. The summed E-state index contributed by atoms with van der Waals surface area (Å²) < 4.78 is 10.6. The van der Waals surface area contributed by atoms with Gasteiger partial charge in [0.1, 0.15) is 5.57 Å². The van der Waals surface area contributed by atoms with E-state index in [1.165, 1.54) is 25.2 Å². The number of ether oxygens (including phenoxy) is 2. The third-order valence-corrected chi connectivity index (χ3v) is 4.13. The van der Waals surface area contributed by atoms with Crippen LogP contribution in [0.25, 0.3) is 6.08 Å². The van der Waals surface area contributed by atoms with Crippen molar-refractivity contribution in [2.75, 3.05) is 19.1 Å². The lowest BCUT2D eigenvalue weighted by molar-refractivity contribution is -0.122. The molecule has 0 bridgehead atoms. The zero-order valence-corrected chi connectivity index (χ0v) is 15.0. The van der Waals surface area contributed by atoms with Crippen LogP contribution in [0.3, 0.4) is 0 Å². The van der Waals surface area contributed by atoms with Crippen LogP contribution in [-0.2, 0) is 9.59 Å². The van der Waals surface area contributed by atoms with E-state index < -0.39 is 11.8 Å². The minimum absolute atomic E-state index is 0.0426. The highest BCUT2D eigenvalue weighted by molar-refractivity contribution is 7.80. The number of benzene rings is 2. The van der Waals surface area contributed by atoms with Crippen molar-refractivity contribution in [2.24, 2.45) is 0 Å². The Kier molecular flexibility index (Phi) is 4.99. The second-order valence-electron chi connectivity index (χ2n) is 5.38. The molecule has 0 radical (unpaired) electrons. The Morgan fingerprint density at radius 3 is 2.38 bits per heavy atom. The van der Waals surface area contributed by atoms with Crippen LogP contribution in [0.4, 0.5) is 5.69 Å². The maximum Gasteiger partial charge on any atom is 0.270 e. The lowest BCUT2D eigenvalue weighted by atomic mass is 10.1. The van der Waals surface area contributed by atoms with E-state index in [9.17, 15) is 9.59 Å². The molecular weight excluding hydrogens is 352 g/mol. The Balaban J connectivity index is 2.07. The van der Waals surface area contributed by atoms with Crippen LogP contribution in [-0.4, -0.2) is 31.1 Å². The summed E-state index contributed by atoms with van der Waals surface area (Å²) in [4.78, 5) is 26.6. The van der Waals surface area contributed by atoms with E-state index in [4.69, 9.17) is 21.7 Å². The summed E-state index contributed by atoms with van der Waals surface area (Å²) in [7, 11) is 3.01. The highest BCUT2D eigenvalue weighted by Crippen LogP contribution is 2.33. The zero-order chi connectivity index (χ0) is 18.7. The molecule has 2 aromatic carbocycles. The number of methoxy groups -OCH3 is 2. The standard InChI is InChI=1S/C19H16N2O4S/c1-24-15-10-6-7-12(16(15)25-2)11-14-17(22)20-19(26)21(18(14)23)13-8-4-3-5-9-13/h3-11H,1-2H3,(H,20,22,26)/b14-11-. The van der Waals surface area contributed by atoms with Gasteiger partial charge >= 0.3 is 0 Å². The van der Waals surface area contributed by atoms with E-state index >= 15 is 0 Å². The van der Waals surface area contributed by atoms with Crippen LogP contribution < -0.4 is 19.7 Å². The molecule has 2 aromatic rings. The molecule has 0 unspecified atom stereocenters. The van der Waals surface area contributed by atoms with Gasteiger partial charge in [-0.3, -0.25) is 19.8 Å². The second kappa shape index (κ2) is 7.37. The van der Waals surface area contributed by atoms with Crippen molar-refractivity contribution in [3.63, 3.8) is 0 Å². The number of hydrogen-bond donors (Lipinski definition) is 1. The molecule has 0 aliphatic carbocycles. The van der Waals surface area contributed by atoms with Crippen molar-refractivity contribution in [3.05, 3.63) is 59.7 Å². The number of rotatable bonds is 4. The van der Waals surface area contributed by atoms with Crippen LogP contribution in [0.15, 0.2) is 54.1 Å². The molecule has 7 heteroatoms. The van der Waals surface area contributed by atoms with Gasteiger partial charge in [-0.15, -0.1) is 0 Å². The Morgan fingerprint density at radius 2 is 1.73 bits per heavy atom. The molecule has 0 spiro atoms. The van der Waals surface area contributed by atoms with E-state index in [0.29, 0.717) is 22.7 Å². The molecule has 1 heterocycles. The summed E-state index contributed by atoms with van der Waals surface area (Å²) in [6, 6.07) is 14.1. The average molecular weight is 368 g/mol. The fraction of sp³-hybridized carbons (Fsp3) is 0.105. The van der Waals surface area contributed by atoms with Crippen molar-refractivity contribution in [1.29, 1.82) is 0 Å². The average Bonchev–Trinajstić information content (AvgIpc) is 2.65. The molecule has 6 nitrogen and oxygen atoms in total. The second-order valence-corrected chi connectivity index (χ2v) is 5.76. The molecule has 1 aliphatic heterocycles. The number of carbonyl (C=O) groups excluding carboxylic acids is 2. The van der Waals surface area contributed by atoms with Crippen molar-refractivity contribution in [1.82, 2.24) is 5.32 Å². The summed E-state index contributed by atoms with van der Waals surface area (Å²) in [6.07, 6.45) is 1.47. The number of amides is 2. The summed E-state index contributed by atoms with van der Waals surface area (Å²) in [5.74, 6) is -0.129. The van der Waals surface area contributed by atoms with Gasteiger partial charge in [0, 0.05) is 5.56 Å². The molecule has 1 aliphatic rings. The number of hydrogen-bond acceptors (Lipinski definition) is 5. The molecule has 1 saturated heterocycles. The maximum atomic E-state index is 12.9. The van der Waals surface area contributed by atoms with E-state index in [2.05, 4.69) is 5.32 Å². The van der Waals surface area contributed by atoms with Gasteiger partial charge in [0.25, 0.3) is 11.8 Å². The summed E-state index contributed by atoms with van der Waals surface area (Å²) >= 11 is 5.17. The van der Waals surface area contributed by atoms with Gasteiger partial charge in [-0.25, -0.2) is 0 Å². The number of nitrogens with zero attached hydrogens (tertiary/aromatic N) is 1. The van der Waals surface area contributed by atoms with Crippen molar-refractivity contribution >= 4 is 40.9 Å². The Morgan fingerprint density at radius 1 is 1.00 bits per heavy atom. The van der Waals surface area contributed by atoms with Crippen LogP contribution in [0.1, 0.15) is 5.56 Å². The van der Waals surface area contributed by atoms with Gasteiger partial charge in [-0.2, -0.15) is 0 Å². The molecule has 2 amide bonds. The van der Waals surface area contributed by atoms with E-state index in [1.54, 1.807) is 42.5 Å². The van der Waals surface area contributed by atoms with Crippen molar-refractivity contribution < 1.29 is 19.1 Å². The topological polar surface area (TPSA) is 67.9 Å². The SMILES string of the molecule is COc1cccc(/C=C2/C(=O)NC(=S)N(c3ccccc3)C2=O)c1OC. The first-order chi connectivity index (χ1) is 12.6. The van der Waals surface area contributed by atoms with Crippen LogP contribution in [0.2, 0.25) is 0 Å². The molecule has 26 heavy (non-hydrogen) atoms. The predicted molar refractivity (Wildman–Crippen MR) is 102 cm³/mol. The van der Waals surface area contributed by atoms with E-state index in [-0.39, 0.29) is 10.7 Å². The number of thiocarbonyl (C=S) groups is 1. The van der Waals surface area contributed by atoms with E-state index in [0.717, 1.165) is 0 Å². The smallest absolute Gasteiger partial charge is 0.270 e. The monoisotopic (exact) mass is 368 g/mol. The van der Waals surface area contributed by atoms with Crippen LogP contribution in [0, 0.1) is 0 Å². The highest BCUT2D eigenvalue weighted by atomic mass is 32.1. The molecule has 1 N–H and O–H groups in total. The minimum Gasteiger partial charge on any atom is -0.493 e. The molecule has 3 rings (SSSR count). The van der Waals surface area contributed by atoms with Gasteiger partial charge < -0.3 is 9.47 Å². The third kappa shape index (κ3) is 3.16. The molecular formula is C19H16N2O4S. The highest BCUT2D eigenvalue weighted by Gasteiger charge is 2.34. The normalized spacial score (nSPS) is 15.8.